The van der Waals surface area contributed by atoms with Gasteiger partial charge in [-0.05, 0) is 68.3 Å². The second kappa shape index (κ2) is 15.2. The maximum Gasteiger partial charge on any atom is 0.264 e. The van der Waals surface area contributed by atoms with Gasteiger partial charge in [0.05, 0.1) is 17.2 Å². The van der Waals surface area contributed by atoms with Crippen LogP contribution in [0.1, 0.15) is 30.5 Å². The fourth-order valence-corrected chi connectivity index (χ4v) is 6.30. The molecule has 1 N–H and O–H groups in total. The number of rotatable bonds is 14. The van der Waals surface area contributed by atoms with E-state index in [4.69, 9.17) is 4.74 Å². The first-order chi connectivity index (χ1) is 21.2. The minimum atomic E-state index is -4.16. The van der Waals surface area contributed by atoms with Crippen LogP contribution < -0.4 is 14.4 Å². The molecule has 2 amide bonds. The molecule has 4 aromatic carbocycles. The molecule has 0 aliphatic heterocycles. The van der Waals surface area contributed by atoms with Crippen molar-refractivity contribution in [2.45, 2.75) is 44.7 Å². The van der Waals surface area contributed by atoms with E-state index in [0.29, 0.717) is 24.6 Å². The second-order valence-electron chi connectivity index (χ2n) is 10.4. The van der Waals surface area contributed by atoms with Gasteiger partial charge >= 0.3 is 0 Å². The molecule has 0 saturated heterocycles. The summed E-state index contributed by atoms with van der Waals surface area (Å²) < 4.78 is 34.7. The van der Waals surface area contributed by atoms with Gasteiger partial charge in [-0.2, -0.15) is 0 Å². The lowest BCUT2D eigenvalue weighted by Crippen LogP contribution is -2.53. The summed E-state index contributed by atoms with van der Waals surface area (Å²) in [5, 5.41) is 2.88. The molecule has 0 unspecified atom stereocenters. The molecule has 0 saturated carbocycles. The first kappa shape index (κ1) is 32.3. The molecule has 0 spiro atoms. The molecule has 0 aliphatic carbocycles. The largest absolute Gasteiger partial charge is 0.494 e. The summed E-state index contributed by atoms with van der Waals surface area (Å²) in [6.07, 6.45) is 0.263. The molecule has 44 heavy (non-hydrogen) atoms. The first-order valence-corrected chi connectivity index (χ1v) is 16.1. The van der Waals surface area contributed by atoms with Crippen molar-refractivity contribution in [2.24, 2.45) is 0 Å². The van der Waals surface area contributed by atoms with Crippen molar-refractivity contribution >= 4 is 27.5 Å². The van der Waals surface area contributed by atoms with Crippen molar-refractivity contribution in [1.29, 1.82) is 0 Å². The lowest BCUT2D eigenvalue weighted by atomic mass is 10.0. The lowest BCUT2D eigenvalue weighted by Gasteiger charge is -2.34. The third kappa shape index (κ3) is 8.26. The molecule has 0 aliphatic rings. The van der Waals surface area contributed by atoms with E-state index in [0.717, 1.165) is 21.0 Å². The SMILES string of the molecule is CCNC(=O)[C@@H](Cc1ccccc1)N(Cc1ccc(C)cc1)C(=O)CN(c1ccc(OCC)cc1)S(=O)(=O)c1ccccc1. The standard InChI is InChI=1S/C35H39N3O5S/c1-4-36-35(40)33(24-28-12-8-6-9-13-28)37(25-29-18-16-27(3)17-19-29)34(39)26-38(30-20-22-31(23-21-30)43-5-2)44(41,42)32-14-10-7-11-15-32/h6-23,33H,4-5,24-26H2,1-3H3,(H,36,40)/t33-/m1/s1. The number of likely N-dealkylation sites (N-methyl/N-ethyl adjacent to an activating group) is 1. The highest BCUT2D eigenvalue weighted by atomic mass is 32.2. The van der Waals surface area contributed by atoms with E-state index in [-0.39, 0.29) is 23.8 Å². The summed E-state index contributed by atoms with van der Waals surface area (Å²) >= 11 is 0. The van der Waals surface area contributed by atoms with Crippen LogP contribution in [0.4, 0.5) is 5.69 Å². The maximum atomic E-state index is 14.4. The number of anilines is 1. The number of sulfonamides is 1. The molecule has 8 nitrogen and oxygen atoms in total. The van der Waals surface area contributed by atoms with Crippen LogP contribution in [0.2, 0.25) is 0 Å². The zero-order chi connectivity index (χ0) is 31.5. The number of nitrogens with zero attached hydrogens (tertiary/aromatic N) is 2. The molecule has 4 rings (SSSR count). The van der Waals surface area contributed by atoms with Crippen LogP contribution in [0.5, 0.6) is 5.75 Å². The quantitative estimate of drug-likeness (QED) is 0.207. The van der Waals surface area contributed by atoms with Gasteiger partial charge in [0.1, 0.15) is 18.3 Å². The minimum absolute atomic E-state index is 0.0522. The van der Waals surface area contributed by atoms with Crippen molar-refractivity contribution in [2.75, 3.05) is 24.0 Å². The Morgan fingerprint density at radius 1 is 0.795 bits per heavy atom. The monoisotopic (exact) mass is 613 g/mol. The Morgan fingerprint density at radius 2 is 1.41 bits per heavy atom. The van der Waals surface area contributed by atoms with Crippen LogP contribution in [0.3, 0.4) is 0 Å². The third-order valence-corrected chi connectivity index (χ3v) is 8.93. The molecular formula is C35H39N3O5S. The summed E-state index contributed by atoms with van der Waals surface area (Å²) in [6.45, 7) is 6.12. The van der Waals surface area contributed by atoms with Gasteiger partial charge in [-0.25, -0.2) is 8.42 Å². The van der Waals surface area contributed by atoms with Crippen LogP contribution in [0.25, 0.3) is 0 Å². The summed E-state index contributed by atoms with van der Waals surface area (Å²) in [5.41, 5.74) is 3.07. The number of hydrogen-bond acceptors (Lipinski definition) is 5. The van der Waals surface area contributed by atoms with Crippen molar-refractivity contribution in [1.82, 2.24) is 10.2 Å². The Bertz CT molecular complexity index is 1610. The number of nitrogens with one attached hydrogen (secondary N) is 1. The average Bonchev–Trinajstić information content (AvgIpc) is 3.04. The second-order valence-corrected chi connectivity index (χ2v) is 12.2. The first-order valence-electron chi connectivity index (χ1n) is 14.7. The van der Waals surface area contributed by atoms with E-state index in [1.54, 1.807) is 42.5 Å². The minimum Gasteiger partial charge on any atom is -0.494 e. The molecule has 0 aromatic heterocycles. The lowest BCUT2D eigenvalue weighted by molar-refractivity contribution is -0.140. The Labute approximate surface area is 260 Å². The van der Waals surface area contributed by atoms with Crippen molar-refractivity contribution in [3.8, 4) is 5.75 Å². The topological polar surface area (TPSA) is 96.0 Å². The number of carbonyl (C=O) groups is 2. The highest BCUT2D eigenvalue weighted by Gasteiger charge is 2.34. The summed E-state index contributed by atoms with van der Waals surface area (Å²) in [4.78, 5) is 29.5. The fourth-order valence-electron chi connectivity index (χ4n) is 4.86. The zero-order valence-electron chi connectivity index (χ0n) is 25.3. The van der Waals surface area contributed by atoms with Gasteiger partial charge in [-0.15, -0.1) is 0 Å². The predicted molar refractivity (Wildman–Crippen MR) is 173 cm³/mol. The van der Waals surface area contributed by atoms with E-state index in [2.05, 4.69) is 5.32 Å². The van der Waals surface area contributed by atoms with Crippen LogP contribution >= 0.6 is 0 Å². The van der Waals surface area contributed by atoms with Gasteiger partial charge in [0.25, 0.3) is 10.0 Å². The van der Waals surface area contributed by atoms with Gasteiger partial charge in [0.2, 0.25) is 11.8 Å². The van der Waals surface area contributed by atoms with E-state index >= 15 is 0 Å². The fraction of sp³-hybridized carbons (Fsp3) is 0.257. The normalized spacial score (nSPS) is 11.8. The number of ether oxygens (including phenoxy) is 1. The highest BCUT2D eigenvalue weighted by molar-refractivity contribution is 7.92. The van der Waals surface area contributed by atoms with Gasteiger partial charge in [-0.3, -0.25) is 13.9 Å². The van der Waals surface area contributed by atoms with Gasteiger partial charge < -0.3 is 15.0 Å². The number of carbonyl (C=O) groups excluding carboxylic acids is 2. The Hall–Kier alpha value is -4.63. The third-order valence-electron chi connectivity index (χ3n) is 7.14. The van der Waals surface area contributed by atoms with Crippen molar-refractivity contribution in [3.05, 3.63) is 126 Å². The van der Waals surface area contributed by atoms with Crippen molar-refractivity contribution < 1.29 is 22.7 Å². The van der Waals surface area contributed by atoms with Gasteiger partial charge in [-0.1, -0.05) is 78.4 Å². The molecule has 0 fully saturated rings. The molecule has 1 atom stereocenters. The molecule has 4 aromatic rings. The molecular weight excluding hydrogens is 574 g/mol. The maximum absolute atomic E-state index is 14.4. The van der Waals surface area contributed by atoms with E-state index in [9.17, 15) is 18.0 Å². The van der Waals surface area contributed by atoms with Crippen LogP contribution in [0.15, 0.2) is 114 Å². The predicted octanol–water partition coefficient (Wildman–Crippen LogP) is 5.37. The molecule has 9 heteroatoms. The average molecular weight is 614 g/mol. The zero-order valence-corrected chi connectivity index (χ0v) is 26.2. The van der Waals surface area contributed by atoms with Gasteiger partial charge in [0, 0.05) is 19.5 Å². The van der Waals surface area contributed by atoms with Gasteiger partial charge in [0.15, 0.2) is 0 Å². The number of aryl methyl sites for hydroxylation is 1. The van der Waals surface area contributed by atoms with E-state index < -0.39 is 28.5 Å². The molecule has 0 radical (unpaired) electrons. The molecule has 0 bridgehead atoms. The van der Waals surface area contributed by atoms with Crippen LogP contribution in [0, 0.1) is 6.92 Å². The molecule has 0 heterocycles. The summed E-state index contributed by atoms with van der Waals surface area (Å²) in [5.74, 6) is -0.235. The summed E-state index contributed by atoms with van der Waals surface area (Å²) in [6, 6.07) is 30.9. The van der Waals surface area contributed by atoms with Crippen LogP contribution in [-0.2, 0) is 32.6 Å². The number of hydrogen-bond donors (Lipinski definition) is 1. The Morgan fingerprint density at radius 3 is 2.00 bits per heavy atom. The highest BCUT2D eigenvalue weighted by Crippen LogP contribution is 2.27. The van der Waals surface area contributed by atoms with Crippen LogP contribution in [-0.4, -0.2) is 50.9 Å². The van der Waals surface area contributed by atoms with Crippen molar-refractivity contribution in [3.63, 3.8) is 0 Å². The van der Waals surface area contributed by atoms with E-state index in [1.165, 1.54) is 17.0 Å². The van der Waals surface area contributed by atoms with E-state index in [1.807, 2.05) is 75.4 Å². The summed E-state index contributed by atoms with van der Waals surface area (Å²) in [7, 11) is -4.16. The number of amides is 2. The Kier molecular flexibility index (Phi) is 11.2. The number of benzene rings is 4. The Balaban J connectivity index is 1.78. The smallest absolute Gasteiger partial charge is 0.264 e. The molecule has 230 valence electrons.